The first kappa shape index (κ1) is 9.47. The average molecular weight is 182 g/mol. The number of nitrogens with zero attached hydrogens (tertiary/aromatic N) is 1. The summed E-state index contributed by atoms with van der Waals surface area (Å²) < 4.78 is 0. The maximum atomic E-state index is 5.88. The minimum Gasteiger partial charge on any atom is -0.328 e. The predicted molar refractivity (Wildman–Crippen MR) is 55.6 cm³/mol. The van der Waals surface area contributed by atoms with Gasteiger partial charge in [-0.1, -0.05) is 6.92 Å². The Hall–Kier alpha value is -0.0800. The van der Waals surface area contributed by atoms with Gasteiger partial charge in [-0.15, -0.1) is 0 Å². The van der Waals surface area contributed by atoms with Gasteiger partial charge in [-0.05, 0) is 50.6 Å². The van der Waals surface area contributed by atoms with Crippen molar-refractivity contribution < 1.29 is 0 Å². The van der Waals surface area contributed by atoms with Crippen LogP contribution in [0.5, 0.6) is 0 Å². The number of rotatable bonds is 3. The van der Waals surface area contributed by atoms with Crippen LogP contribution in [-0.4, -0.2) is 30.6 Å². The second-order valence-electron chi connectivity index (χ2n) is 4.97. The molecule has 1 saturated carbocycles. The molecule has 2 fully saturated rings. The molecule has 0 aromatic carbocycles. The van der Waals surface area contributed by atoms with Crippen LogP contribution in [0.25, 0.3) is 0 Å². The highest BCUT2D eigenvalue weighted by Crippen LogP contribution is 2.49. The van der Waals surface area contributed by atoms with E-state index in [1.807, 2.05) is 0 Å². The van der Waals surface area contributed by atoms with E-state index in [0.717, 1.165) is 5.41 Å². The molecule has 76 valence electrons. The maximum absolute atomic E-state index is 5.88. The average Bonchev–Trinajstić information content (AvgIpc) is 2.90. The highest BCUT2D eigenvalue weighted by Gasteiger charge is 2.42. The summed E-state index contributed by atoms with van der Waals surface area (Å²) in [6, 6.07) is 0.480. The number of piperidine rings is 1. The van der Waals surface area contributed by atoms with Gasteiger partial charge in [0, 0.05) is 12.6 Å². The molecule has 13 heavy (non-hydrogen) atoms. The lowest BCUT2D eigenvalue weighted by Gasteiger charge is -2.32. The number of hydrogen-bond acceptors (Lipinski definition) is 2. The van der Waals surface area contributed by atoms with E-state index in [1.165, 1.54) is 51.7 Å². The molecule has 2 heteroatoms. The van der Waals surface area contributed by atoms with E-state index >= 15 is 0 Å². The van der Waals surface area contributed by atoms with Crippen LogP contribution in [0.4, 0.5) is 0 Å². The van der Waals surface area contributed by atoms with Crippen LogP contribution in [0.3, 0.4) is 0 Å². The van der Waals surface area contributed by atoms with Gasteiger partial charge in [0.25, 0.3) is 0 Å². The number of hydrogen-bond donors (Lipinski definition) is 1. The summed E-state index contributed by atoms with van der Waals surface area (Å²) in [5.74, 6) is 0. The summed E-state index contributed by atoms with van der Waals surface area (Å²) in [7, 11) is 0. The summed E-state index contributed by atoms with van der Waals surface area (Å²) in [6.07, 6.45) is 6.72. The Balaban J connectivity index is 1.76. The molecule has 0 bridgehead atoms. The van der Waals surface area contributed by atoms with Gasteiger partial charge in [0.05, 0.1) is 0 Å². The Kier molecular flexibility index (Phi) is 2.61. The van der Waals surface area contributed by atoms with Crippen LogP contribution in [0.15, 0.2) is 0 Å². The number of likely N-dealkylation sites (tertiary alicyclic amines) is 1. The molecule has 2 aliphatic rings. The van der Waals surface area contributed by atoms with Gasteiger partial charge in [0.1, 0.15) is 0 Å². The smallest absolute Gasteiger partial charge is 0.00631 e. The topological polar surface area (TPSA) is 29.3 Å². The summed E-state index contributed by atoms with van der Waals surface area (Å²) in [6.45, 7) is 6.16. The van der Waals surface area contributed by atoms with E-state index in [0.29, 0.717) is 6.04 Å². The van der Waals surface area contributed by atoms with Gasteiger partial charge in [0.2, 0.25) is 0 Å². The van der Waals surface area contributed by atoms with E-state index in [9.17, 15) is 0 Å². The van der Waals surface area contributed by atoms with Crippen LogP contribution in [0.1, 0.15) is 39.0 Å². The van der Waals surface area contributed by atoms with Crippen molar-refractivity contribution in [2.24, 2.45) is 11.1 Å². The van der Waals surface area contributed by atoms with Crippen molar-refractivity contribution in [3.63, 3.8) is 0 Å². The molecule has 0 spiro atoms. The van der Waals surface area contributed by atoms with E-state index < -0.39 is 0 Å². The Morgan fingerprint density at radius 2 is 1.92 bits per heavy atom. The third-order valence-electron chi connectivity index (χ3n) is 3.90. The lowest BCUT2D eigenvalue weighted by Crippen LogP contribution is -2.42. The standard InChI is InChI=1S/C11H22N2/c1-2-11(5-6-11)9-13-7-3-10(12)4-8-13/h10H,2-9,12H2,1H3. The molecule has 2 nitrogen and oxygen atoms in total. The zero-order valence-electron chi connectivity index (χ0n) is 8.76. The van der Waals surface area contributed by atoms with Gasteiger partial charge in [0.15, 0.2) is 0 Å². The summed E-state index contributed by atoms with van der Waals surface area (Å²) in [5.41, 5.74) is 6.61. The van der Waals surface area contributed by atoms with Crippen molar-refractivity contribution in [2.45, 2.75) is 45.1 Å². The van der Waals surface area contributed by atoms with Crippen molar-refractivity contribution in [2.75, 3.05) is 19.6 Å². The van der Waals surface area contributed by atoms with Gasteiger partial charge < -0.3 is 10.6 Å². The molecule has 1 aliphatic heterocycles. The fraction of sp³-hybridized carbons (Fsp3) is 1.00. The zero-order chi connectivity index (χ0) is 9.31. The molecular formula is C11H22N2. The minimum atomic E-state index is 0.480. The van der Waals surface area contributed by atoms with Crippen molar-refractivity contribution in [1.29, 1.82) is 0 Å². The highest BCUT2D eigenvalue weighted by atomic mass is 15.1. The third kappa shape index (κ3) is 2.23. The Morgan fingerprint density at radius 1 is 1.31 bits per heavy atom. The molecule has 2 N–H and O–H groups in total. The van der Waals surface area contributed by atoms with Crippen LogP contribution < -0.4 is 5.73 Å². The minimum absolute atomic E-state index is 0.480. The number of nitrogens with two attached hydrogens (primary N) is 1. The molecule has 1 heterocycles. The molecule has 0 radical (unpaired) electrons. The lowest BCUT2D eigenvalue weighted by atomic mass is 10.00. The van der Waals surface area contributed by atoms with E-state index in [-0.39, 0.29) is 0 Å². The molecular weight excluding hydrogens is 160 g/mol. The maximum Gasteiger partial charge on any atom is 0.00631 e. The molecule has 0 atom stereocenters. The SMILES string of the molecule is CCC1(CN2CCC(N)CC2)CC1. The lowest BCUT2D eigenvalue weighted by molar-refractivity contribution is 0.173. The van der Waals surface area contributed by atoms with Crippen molar-refractivity contribution in [3.8, 4) is 0 Å². The quantitative estimate of drug-likeness (QED) is 0.718. The third-order valence-corrected chi connectivity index (χ3v) is 3.90. The molecule has 0 aromatic heterocycles. The molecule has 0 amide bonds. The van der Waals surface area contributed by atoms with Gasteiger partial charge in [-0.2, -0.15) is 0 Å². The molecule has 0 aromatic rings. The Morgan fingerprint density at radius 3 is 2.38 bits per heavy atom. The van der Waals surface area contributed by atoms with Gasteiger partial charge in [-0.25, -0.2) is 0 Å². The summed E-state index contributed by atoms with van der Waals surface area (Å²) >= 11 is 0. The fourth-order valence-corrected chi connectivity index (χ4v) is 2.39. The normalized spacial score (nSPS) is 29.1. The van der Waals surface area contributed by atoms with Crippen LogP contribution >= 0.6 is 0 Å². The zero-order valence-corrected chi connectivity index (χ0v) is 8.76. The molecule has 0 unspecified atom stereocenters. The Labute approximate surface area is 81.5 Å². The first-order valence-corrected chi connectivity index (χ1v) is 5.72. The van der Waals surface area contributed by atoms with E-state index in [2.05, 4.69) is 11.8 Å². The van der Waals surface area contributed by atoms with E-state index in [4.69, 9.17) is 5.73 Å². The van der Waals surface area contributed by atoms with Crippen molar-refractivity contribution in [1.82, 2.24) is 4.90 Å². The first-order chi connectivity index (χ1) is 6.24. The van der Waals surface area contributed by atoms with Gasteiger partial charge >= 0.3 is 0 Å². The second kappa shape index (κ2) is 3.58. The summed E-state index contributed by atoms with van der Waals surface area (Å²) in [5, 5.41) is 0. The monoisotopic (exact) mass is 182 g/mol. The Bertz CT molecular complexity index is 167. The predicted octanol–water partition coefficient (Wildman–Crippen LogP) is 1.60. The fourth-order valence-electron chi connectivity index (χ4n) is 2.39. The van der Waals surface area contributed by atoms with E-state index in [1.54, 1.807) is 0 Å². The van der Waals surface area contributed by atoms with Crippen molar-refractivity contribution in [3.05, 3.63) is 0 Å². The first-order valence-electron chi connectivity index (χ1n) is 5.72. The van der Waals surface area contributed by atoms with Gasteiger partial charge in [-0.3, -0.25) is 0 Å². The van der Waals surface area contributed by atoms with Crippen LogP contribution in [0.2, 0.25) is 0 Å². The van der Waals surface area contributed by atoms with Crippen LogP contribution in [-0.2, 0) is 0 Å². The second-order valence-corrected chi connectivity index (χ2v) is 4.97. The largest absolute Gasteiger partial charge is 0.328 e. The molecule has 1 aliphatic carbocycles. The molecule has 2 rings (SSSR count). The summed E-state index contributed by atoms with van der Waals surface area (Å²) in [4.78, 5) is 2.62. The molecule has 1 saturated heterocycles. The highest BCUT2D eigenvalue weighted by molar-refractivity contribution is 4.95. The van der Waals surface area contributed by atoms with Crippen LogP contribution in [0, 0.1) is 5.41 Å². The van der Waals surface area contributed by atoms with Crippen molar-refractivity contribution >= 4 is 0 Å².